The van der Waals surface area contributed by atoms with E-state index in [4.69, 9.17) is 10.8 Å². The number of hydrogen-bond donors (Lipinski definition) is 3. The topological polar surface area (TPSA) is 104 Å². The number of fused-ring (bicyclic) bond motifs is 2. The summed E-state index contributed by atoms with van der Waals surface area (Å²) in [5, 5.41) is 18.2. The van der Waals surface area contributed by atoms with E-state index in [9.17, 15) is 14.7 Å². The molecular formula is C11H18N2O4. The minimum Gasteiger partial charge on any atom is -0.481 e. The van der Waals surface area contributed by atoms with Crippen molar-refractivity contribution in [1.82, 2.24) is 4.90 Å². The van der Waals surface area contributed by atoms with Gasteiger partial charge >= 0.3 is 5.97 Å². The standard InChI is InChI=1S/C11H18N2O4/c12-9(5-10(15)16)11(17)13-6-1-2-7(13)4-8(14)3-6/h6-9,14H,1-5,12H2,(H,15,16). The molecule has 17 heavy (non-hydrogen) atoms. The highest BCUT2D eigenvalue weighted by molar-refractivity contribution is 5.86. The van der Waals surface area contributed by atoms with Crippen LogP contribution in [0.2, 0.25) is 0 Å². The molecule has 0 spiro atoms. The molecule has 0 aromatic rings. The van der Waals surface area contributed by atoms with Crippen LogP contribution in [0.15, 0.2) is 0 Å². The molecule has 2 saturated heterocycles. The fourth-order valence-corrected chi connectivity index (χ4v) is 2.98. The van der Waals surface area contributed by atoms with Crippen molar-refractivity contribution in [2.75, 3.05) is 0 Å². The summed E-state index contributed by atoms with van der Waals surface area (Å²) in [7, 11) is 0. The normalized spacial score (nSPS) is 33.5. The second-order valence-electron chi connectivity index (χ2n) is 4.96. The number of nitrogens with zero attached hydrogens (tertiary/aromatic N) is 1. The maximum absolute atomic E-state index is 12.1. The minimum absolute atomic E-state index is 0.0381. The Morgan fingerprint density at radius 3 is 2.29 bits per heavy atom. The van der Waals surface area contributed by atoms with Gasteiger partial charge in [-0.25, -0.2) is 0 Å². The lowest BCUT2D eigenvalue weighted by Crippen LogP contribution is -2.53. The van der Waals surface area contributed by atoms with Gasteiger partial charge in [-0.1, -0.05) is 0 Å². The maximum atomic E-state index is 12.1. The van der Waals surface area contributed by atoms with E-state index in [0.717, 1.165) is 12.8 Å². The minimum atomic E-state index is -1.06. The molecule has 0 radical (unpaired) electrons. The van der Waals surface area contributed by atoms with Gasteiger partial charge in [0.25, 0.3) is 0 Å². The molecular weight excluding hydrogens is 224 g/mol. The average Bonchev–Trinajstić information content (AvgIpc) is 2.49. The number of piperidine rings is 1. The number of aliphatic carboxylic acids is 1. The highest BCUT2D eigenvalue weighted by Crippen LogP contribution is 2.36. The van der Waals surface area contributed by atoms with Crippen LogP contribution in [0.4, 0.5) is 0 Å². The third kappa shape index (κ3) is 2.42. The van der Waals surface area contributed by atoms with Crippen LogP contribution in [0.1, 0.15) is 32.1 Å². The predicted octanol–water partition coefficient (Wildman–Crippen LogP) is -0.697. The van der Waals surface area contributed by atoms with Crippen LogP contribution < -0.4 is 5.73 Å². The maximum Gasteiger partial charge on any atom is 0.305 e. The molecule has 0 saturated carbocycles. The van der Waals surface area contributed by atoms with E-state index in [-0.39, 0.29) is 30.5 Å². The zero-order valence-corrected chi connectivity index (χ0v) is 9.58. The number of aliphatic hydroxyl groups excluding tert-OH is 1. The molecule has 3 atom stereocenters. The SMILES string of the molecule is NC(CC(=O)O)C(=O)N1C2CCC1CC(O)C2. The second-order valence-corrected chi connectivity index (χ2v) is 4.96. The van der Waals surface area contributed by atoms with E-state index in [0.29, 0.717) is 12.8 Å². The summed E-state index contributed by atoms with van der Waals surface area (Å²) in [6.45, 7) is 0. The summed E-state index contributed by atoms with van der Waals surface area (Å²) in [6, 6.07) is -0.891. The van der Waals surface area contributed by atoms with Crippen molar-refractivity contribution in [2.45, 2.75) is 56.3 Å². The summed E-state index contributed by atoms with van der Waals surface area (Å²) in [4.78, 5) is 24.3. The Morgan fingerprint density at radius 2 is 1.82 bits per heavy atom. The molecule has 2 bridgehead atoms. The van der Waals surface area contributed by atoms with Gasteiger partial charge in [-0.2, -0.15) is 0 Å². The van der Waals surface area contributed by atoms with Gasteiger partial charge in [0, 0.05) is 12.1 Å². The third-order valence-electron chi connectivity index (χ3n) is 3.67. The highest BCUT2D eigenvalue weighted by Gasteiger charge is 2.44. The molecule has 3 unspecified atom stereocenters. The monoisotopic (exact) mass is 242 g/mol. The van der Waals surface area contributed by atoms with Gasteiger partial charge < -0.3 is 20.8 Å². The number of carbonyl (C=O) groups excluding carboxylic acids is 1. The smallest absolute Gasteiger partial charge is 0.305 e. The fraction of sp³-hybridized carbons (Fsp3) is 0.818. The molecule has 2 aliphatic heterocycles. The number of rotatable bonds is 3. The first-order valence-corrected chi connectivity index (χ1v) is 5.96. The number of carbonyl (C=O) groups is 2. The summed E-state index contributed by atoms with van der Waals surface area (Å²) in [5.74, 6) is -1.35. The van der Waals surface area contributed by atoms with Crippen LogP contribution in [0, 0.1) is 0 Å². The van der Waals surface area contributed by atoms with E-state index in [2.05, 4.69) is 0 Å². The van der Waals surface area contributed by atoms with Crippen LogP contribution in [0.25, 0.3) is 0 Å². The summed E-state index contributed by atoms with van der Waals surface area (Å²) in [5.41, 5.74) is 5.60. The van der Waals surface area contributed by atoms with Crippen molar-refractivity contribution in [1.29, 1.82) is 0 Å². The Bertz CT molecular complexity index is 319. The molecule has 2 heterocycles. The Hall–Kier alpha value is -1.14. The van der Waals surface area contributed by atoms with Crippen molar-refractivity contribution in [3.05, 3.63) is 0 Å². The lowest BCUT2D eigenvalue weighted by molar-refractivity contribution is -0.145. The lowest BCUT2D eigenvalue weighted by Gasteiger charge is -2.38. The summed E-state index contributed by atoms with van der Waals surface area (Å²) >= 11 is 0. The van der Waals surface area contributed by atoms with Gasteiger partial charge in [-0.05, 0) is 25.7 Å². The Labute approximate surface area is 99.4 Å². The summed E-state index contributed by atoms with van der Waals surface area (Å²) in [6.07, 6.45) is 2.26. The molecule has 6 nitrogen and oxygen atoms in total. The van der Waals surface area contributed by atoms with Crippen LogP contribution >= 0.6 is 0 Å². The van der Waals surface area contributed by atoms with Gasteiger partial charge in [0.05, 0.1) is 18.6 Å². The van der Waals surface area contributed by atoms with Crippen LogP contribution in [-0.2, 0) is 9.59 Å². The third-order valence-corrected chi connectivity index (χ3v) is 3.67. The average molecular weight is 242 g/mol. The van der Waals surface area contributed by atoms with Crippen LogP contribution in [-0.4, -0.2) is 51.2 Å². The van der Waals surface area contributed by atoms with Gasteiger partial charge in [0.15, 0.2) is 0 Å². The van der Waals surface area contributed by atoms with Crippen molar-refractivity contribution in [3.63, 3.8) is 0 Å². The number of nitrogens with two attached hydrogens (primary N) is 1. The van der Waals surface area contributed by atoms with Crippen molar-refractivity contribution >= 4 is 11.9 Å². The molecule has 4 N–H and O–H groups in total. The van der Waals surface area contributed by atoms with Gasteiger partial charge in [0.2, 0.25) is 5.91 Å². The van der Waals surface area contributed by atoms with Crippen LogP contribution in [0.3, 0.4) is 0 Å². The summed E-state index contributed by atoms with van der Waals surface area (Å²) < 4.78 is 0. The van der Waals surface area contributed by atoms with Crippen molar-refractivity contribution in [3.8, 4) is 0 Å². The van der Waals surface area contributed by atoms with E-state index in [1.165, 1.54) is 0 Å². The van der Waals surface area contributed by atoms with Gasteiger partial charge in [-0.15, -0.1) is 0 Å². The van der Waals surface area contributed by atoms with E-state index in [1.54, 1.807) is 4.90 Å². The molecule has 0 aromatic carbocycles. The van der Waals surface area contributed by atoms with E-state index in [1.807, 2.05) is 0 Å². The first-order valence-electron chi connectivity index (χ1n) is 5.96. The van der Waals surface area contributed by atoms with E-state index < -0.39 is 12.0 Å². The fourth-order valence-electron chi connectivity index (χ4n) is 2.98. The van der Waals surface area contributed by atoms with Crippen LogP contribution in [0.5, 0.6) is 0 Å². The zero-order chi connectivity index (χ0) is 12.6. The first kappa shape index (κ1) is 12.3. The quantitative estimate of drug-likeness (QED) is 0.607. The largest absolute Gasteiger partial charge is 0.481 e. The molecule has 0 aliphatic carbocycles. The first-order chi connectivity index (χ1) is 7.99. The highest BCUT2D eigenvalue weighted by atomic mass is 16.4. The molecule has 6 heteroatoms. The molecule has 2 aliphatic rings. The zero-order valence-electron chi connectivity index (χ0n) is 9.58. The van der Waals surface area contributed by atoms with Gasteiger partial charge in [-0.3, -0.25) is 9.59 Å². The Kier molecular flexibility index (Phi) is 3.35. The van der Waals surface area contributed by atoms with Gasteiger partial charge in [0.1, 0.15) is 0 Å². The lowest BCUT2D eigenvalue weighted by atomic mass is 9.98. The van der Waals surface area contributed by atoms with Crippen molar-refractivity contribution in [2.24, 2.45) is 5.73 Å². The Morgan fingerprint density at radius 1 is 1.29 bits per heavy atom. The number of carboxylic acid groups (broad SMARTS) is 1. The van der Waals surface area contributed by atoms with Crippen molar-refractivity contribution < 1.29 is 19.8 Å². The molecule has 96 valence electrons. The second kappa shape index (κ2) is 4.62. The number of hydrogen-bond acceptors (Lipinski definition) is 4. The number of amides is 1. The van der Waals surface area contributed by atoms with E-state index >= 15 is 0 Å². The Balaban J connectivity index is 2.03. The number of aliphatic hydroxyl groups is 1. The molecule has 2 rings (SSSR count). The predicted molar refractivity (Wildman–Crippen MR) is 59.1 cm³/mol. The molecule has 0 aromatic heterocycles. The molecule has 1 amide bonds. The number of carboxylic acids is 1. The molecule has 2 fully saturated rings.